The lowest BCUT2D eigenvalue weighted by molar-refractivity contribution is -0.118. The van der Waals surface area contributed by atoms with E-state index in [9.17, 15) is 4.79 Å². The maximum absolute atomic E-state index is 12.9. The minimum atomic E-state index is -0.295. The van der Waals surface area contributed by atoms with E-state index in [-0.39, 0.29) is 17.6 Å². The van der Waals surface area contributed by atoms with Crippen molar-refractivity contribution in [2.24, 2.45) is 0 Å². The Morgan fingerprint density at radius 2 is 2.19 bits per heavy atom. The topological polar surface area (TPSA) is 41.6 Å². The summed E-state index contributed by atoms with van der Waals surface area (Å²) in [4.78, 5) is 14.8. The average Bonchev–Trinajstić information content (AvgIpc) is 2.36. The molecule has 0 aliphatic carbocycles. The first-order chi connectivity index (χ1) is 9.82. The van der Waals surface area contributed by atoms with Crippen molar-refractivity contribution in [1.82, 2.24) is 4.90 Å². The lowest BCUT2D eigenvalue weighted by atomic mass is 10.0. The molecule has 0 bridgehead atoms. The second kappa shape index (κ2) is 6.06. The highest BCUT2D eigenvalue weighted by atomic mass is 16.5. The van der Waals surface area contributed by atoms with Crippen LogP contribution in [0, 0.1) is 6.92 Å². The summed E-state index contributed by atoms with van der Waals surface area (Å²) in [7, 11) is 0. The third-order valence-corrected chi connectivity index (χ3v) is 3.63. The number of morpholine rings is 1. The van der Waals surface area contributed by atoms with Crippen molar-refractivity contribution in [3.05, 3.63) is 29.3 Å². The number of anilines is 1. The van der Waals surface area contributed by atoms with Crippen molar-refractivity contribution < 1.29 is 9.53 Å². The van der Waals surface area contributed by atoms with Crippen LogP contribution in [0.25, 0.3) is 0 Å². The molecule has 1 aromatic carbocycles. The molecule has 1 N–H and O–H groups in total. The predicted molar refractivity (Wildman–Crippen MR) is 85.9 cm³/mol. The van der Waals surface area contributed by atoms with Gasteiger partial charge in [0.05, 0.1) is 17.3 Å². The fraction of sp³-hybridized carbons (Fsp3) is 0.588. The van der Waals surface area contributed by atoms with E-state index in [4.69, 9.17) is 4.74 Å². The summed E-state index contributed by atoms with van der Waals surface area (Å²) in [5, 5.41) is 3.29. The molecule has 4 heteroatoms. The molecule has 1 atom stereocenters. The normalized spacial score (nSPS) is 21.2. The van der Waals surface area contributed by atoms with Crippen LogP contribution in [0.4, 0.5) is 5.69 Å². The fourth-order valence-corrected chi connectivity index (χ4v) is 2.96. The third-order valence-electron chi connectivity index (χ3n) is 3.63. The molecule has 1 fully saturated rings. The number of benzene rings is 1. The van der Waals surface area contributed by atoms with Crippen molar-refractivity contribution in [3.8, 4) is 0 Å². The van der Waals surface area contributed by atoms with Gasteiger partial charge in [0.15, 0.2) is 0 Å². The van der Waals surface area contributed by atoms with Crippen LogP contribution in [-0.4, -0.2) is 42.1 Å². The first-order valence-corrected chi connectivity index (χ1v) is 7.64. The Kier molecular flexibility index (Phi) is 4.57. The van der Waals surface area contributed by atoms with Crippen LogP contribution in [0.15, 0.2) is 18.2 Å². The lowest BCUT2D eigenvalue weighted by Gasteiger charge is -2.41. The van der Waals surface area contributed by atoms with Crippen LogP contribution >= 0.6 is 0 Å². The number of aryl methyl sites for hydroxylation is 1. The minimum Gasteiger partial charge on any atom is -0.385 e. The SMILES string of the molecule is CCNc1cc(C)ccc1C(=O)N1CC(C)OC(C)(C)C1. The first-order valence-electron chi connectivity index (χ1n) is 7.64. The molecule has 21 heavy (non-hydrogen) atoms. The quantitative estimate of drug-likeness (QED) is 0.930. The molecular formula is C17H26N2O2. The van der Waals surface area contributed by atoms with Gasteiger partial charge in [-0.1, -0.05) is 6.07 Å². The van der Waals surface area contributed by atoms with Crippen molar-refractivity contribution in [2.75, 3.05) is 25.0 Å². The molecule has 1 unspecified atom stereocenters. The number of amides is 1. The van der Waals surface area contributed by atoms with Gasteiger partial charge in [-0.05, 0) is 52.3 Å². The molecule has 1 saturated heterocycles. The summed E-state index contributed by atoms with van der Waals surface area (Å²) in [6.07, 6.45) is 0.0609. The van der Waals surface area contributed by atoms with Crippen LogP contribution in [0.5, 0.6) is 0 Å². The van der Waals surface area contributed by atoms with Crippen LogP contribution in [0.3, 0.4) is 0 Å². The van der Waals surface area contributed by atoms with Gasteiger partial charge in [-0.25, -0.2) is 0 Å². The largest absolute Gasteiger partial charge is 0.385 e. The summed E-state index contributed by atoms with van der Waals surface area (Å²) < 4.78 is 5.88. The van der Waals surface area contributed by atoms with Gasteiger partial charge in [-0.2, -0.15) is 0 Å². The van der Waals surface area contributed by atoms with E-state index in [1.54, 1.807) is 0 Å². The molecule has 1 aliphatic rings. The second-order valence-electron chi connectivity index (χ2n) is 6.45. The average molecular weight is 290 g/mol. The number of rotatable bonds is 3. The Bertz CT molecular complexity index is 526. The molecule has 1 aromatic rings. The first kappa shape index (κ1) is 15.8. The zero-order chi connectivity index (χ0) is 15.6. The third kappa shape index (κ3) is 3.76. The monoisotopic (exact) mass is 290 g/mol. The molecule has 1 aliphatic heterocycles. The fourth-order valence-electron chi connectivity index (χ4n) is 2.96. The maximum Gasteiger partial charge on any atom is 0.256 e. The molecule has 0 aromatic heterocycles. The van der Waals surface area contributed by atoms with E-state index in [1.165, 1.54) is 0 Å². The number of nitrogens with one attached hydrogen (secondary N) is 1. The second-order valence-corrected chi connectivity index (χ2v) is 6.45. The number of hydrogen-bond acceptors (Lipinski definition) is 3. The minimum absolute atomic E-state index is 0.0609. The molecule has 0 radical (unpaired) electrons. The van der Waals surface area contributed by atoms with E-state index in [0.29, 0.717) is 13.1 Å². The van der Waals surface area contributed by atoms with Gasteiger partial charge >= 0.3 is 0 Å². The molecular weight excluding hydrogens is 264 g/mol. The Morgan fingerprint density at radius 3 is 2.81 bits per heavy atom. The van der Waals surface area contributed by atoms with Gasteiger partial charge < -0.3 is 15.0 Å². The van der Waals surface area contributed by atoms with Crippen LogP contribution < -0.4 is 5.32 Å². The summed E-state index contributed by atoms with van der Waals surface area (Å²) in [6.45, 7) is 12.2. The van der Waals surface area contributed by atoms with Gasteiger partial charge in [0.25, 0.3) is 5.91 Å². The van der Waals surface area contributed by atoms with Crippen molar-refractivity contribution in [1.29, 1.82) is 0 Å². The van der Waals surface area contributed by atoms with Crippen LogP contribution in [0.2, 0.25) is 0 Å². The van der Waals surface area contributed by atoms with Crippen molar-refractivity contribution >= 4 is 11.6 Å². The van der Waals surface area contributed by atoms with Gasteiger partial charge in [0, 0.05) is 25.3 Å². The smallest absolute Gasteiger partial charge is 0.256 e. The van der Waals surface area contributed by atoms with Crippen LogP contribution in [0.1, 0.15) is 43.6 Å². The lowest BCUT2D eigenvalue weighted by Crippen LogP contribution is -2.53. The summed E-state index contributed by atoms with van der Waals surface area (Å²) in [6, 6.07) is 5.94. The predicted octanol–water partition coefficient (Wildman–Crippen LogP) is 3.07. The van der Waals surface area contributed by atoms with E-state index >= 15 is 0 Å². The number of ether oxygens (including phenoxy) is 1. The van der Waals surface area contributed by atoms with Crippen molar-refractivity contribution in [3.63, 3.8) is 0 Å². The molecule has 1 amide bonds. The zero-order valence-electron chi connectivity index (χ0n) is 13.7. The van der Waals surface area contributed by atoms with Gasteiger partial charge in [0.1, 0.15) is 0 Å². The Labute approximate surface area is 127 Å². The number of nitrogens with zero attached hydrogens (tertiary/aromatic N) is 1. The Morgan fingerprint density at radius 1 is 1.48 bits per heavy atom. The maximum atomic E-state index is 12.9. The molecule has 2 rings (SSSR count). The van der Waals surface area contributed by atoms with Gasteiger partial charge in [-0.3, -0.25) is 4.79 Å². The number of carbonyl (C=O) groups is 1. The zero-order valence-corrected chi connectivity index (χ0v) is 13.7. The van der Waals surface area contributed by atoms with E-state index in [0.717, 1.165) is 23.4 Å². The highest BCUT2D eigenvalue weighted by Crippen LogP contribution is 2.25. The Balaban J connectivity index is 2.27. The van der Waals surface area contributed by atoms with E-state index in [1.807, 2.05) is 57.7 Å². The molecule has 116 valence electrons. The summed E-state index contributed by atoms with van der Waals surface area (Å²) in [5.41, 5.74) is 2.51. The van der Waals surface area contributed by atoms with Gasteiger partial charge in [-0.15, -0.1) is 0 Å². The van der Waals surface area contributed by atoms with E-state index in [2.05, 4.69) is 5.32 Å². The van der Waals surface area contributed by atoms with E-state index < -0.39 is 0 Å². The molecule has 1 heterocycles. The van der Waals surface area contributed by atoms with Crippen LogP contribution in [-0.2, 0) is 4.74 Å². The molecule has 0 spiro atoms. The highest BCUT2D eigenvalue weighted by molar-refractivity contribution is 5.99. The molecule has 4 nitrogen and oxygen atoms in total. The Hall–Kier alpha value is -1.55. The summed E-state index contributed by atoms with van der Waals surface area (Å²) in [5.74, 6) is 0.0779. The van der Waals surface area contributed by atoms with Gasteiger partial charge in [0.2, 0.25) is 0 Å². The van der Waals surface area contributed by atoms with Crippen molar-refractivity contribution in [2.45, 2.75) is 46.3 Å². The summed E-state index contributed by atoms with van der Waals surface area (Å²) >= 11 is 0. The molecule has 0 saturated carbocycles. The number of hydrogen-bond donors (Lipinski definition) is 1. The highest BCUT2D eigenvalue weighted by Gasteiger charge is 2.34. The standard InChI is InChI=1S/C17H26N2O2/c1-6-18-15-9-12(2)7-8-14(15)16(20)19-10-13(3)21-17(4,5)11-19/h7-9,13,18H,6,10-11H2,1-5H3. The number of carbonyl (C=O) groups excluding carboxylic acids is 1.